The molecule has 1 aliphatic heterocycles. The van der Waals surface area contributed by atoms with Gasteiger partial charge in [0, 0.05) is 13.0 Å². The highest BCUT2D eigenvalue weighted by Gasteiger charge is 2.44. The number of carbonyl (C=O) groups excluding carboxylic acids is 5. The van der Waals surface area contributed by atoms with Crippen molar-refractivity contribution in [2.45, 2.75) is 89.4 Å². The monoisotopic (exact) mass is 584 g/mol. The van der Waals surface area contributed by atoms with Crippen LogP contribution in [0.1, 0.15) is 87.8 Å². The van der Waals surface area contributed by atoms with Crippen molar-refractivity contribution in [2.75, 3.05) is 6.54 Å². The van der Waals surface area contributed by atoms with Crippen molar-refractivity contribution in [3.05, 3.63) is 29.9 Å². The molecule has 0 bridgehead atoms. The van der Waals surface area contributed by atoms with Crippen molar-refractivity contribution >= 4 is 35.1 Å². The second kappa shape index (κ2) is 12.7. The maximum atomic E-state index is 14.2. The van der Waals surface area contributed by atoms with Crippen LogP contribution in [0.2, 0.25) is 0 Å². The number of carbonyl (C=O) groups is 5. The number of nitrogens with two attached hydrogens (primary N) is 1. The minimum Gasteiger partial charge on any atom is -0.384 e. The van der Waals surface area contributed by atoms with E-state index in [4.69, 9.17) is 10.3 Å². The zero-order chi connectivity index (χ0) is 30.6. The minimum atomic E-state index is -1.32. The summed E-state index contributed by atoms with van der Waals surface area (Å²) in [6.07, 6.45) is 8.88. The summed E-state index contributed by atoms with van der Waals surface area (Å²) in [7, 11) is 0. The number of nitrogens with one attached hydrogen (secondary N) is 1. The lowest BCUT2D eigenvalue weighted by atomic mass is 9.85. The van der Waals surface area contributed by atoms with Crippen LogP contribution in [-0.4, -0.2) is 83.9 Å². The number of nitrogens with zero attached hydrogens (tertiary/aromatic N) is 6. The highest BCUT2D eigenvalue weighted by molar-refractivity contribution is 6.41. The molecule has 0 radical (unpaired) electrons. The van der Waals surface area contributed by atoms with Crippen LogP contribution in [0.4, 0.5) is 0 Å². The maximum absolute atomic E-state index is 14.2. The van der Waals surface area contributed by atoms with Crippen LogP contribution >= 0.6 is 0 Å². The van der Waals surface area contributed by atoms with Gasteiger partial charge in [0.2, 0.25) is 11.7 Å². The Morgan fingerprint density at radius 3 is 2.52 bits per heavy atom. The first kappa shape index (κ1) is 30.7. The third kappa shape index (κ3) is 6.95. The van der Waals surface area contributed by atoms with Crippen LogP contribution in [-0.2, 0) is 24.8 Å². The topological polar surface area (TPSA) is 216 Å². The fourth-order valence-corrected chi connectivity index (χ4v) is 5.51. The van der Waals surface area contributed by atoms with Gasteiger partial charge in [-0.25, -0.2) is 9.67 Å². The molecule has 0 spiro atoms. The van der Waals surface area contributed by atoms with E-state index in [-0.39, 0.29) is 36.6 Å². The van der Waals surface area contributed by atoms with Crippen molar-refractivity contribution in [1.29, 1.82) is 0 Å². The van der Waals surface area contributed by atoms with E-state index in [1.807, 2.05) is 0 Å². The third-order valence-electron chi connectivity index (χ3n) is 7.75. The van der Waals surface area contributed by atoms with Crippen LogP contribution in [0.5, 0.6) is 0 Å². The molecule has 15 nitrogen and oxygen atoms in total. The summed E-state index contributed by atoms with van der Waals surface area (Å²) in [6.45, 7) is 4.42. The fourth-order valence-electron chi connectivity index (χ4n) is 5.51. The van der Waals surface area contributed by atoms with E-state index in [0.29, 0.717) is 5.69 Å². The number of Topliss-reactive ketones (excluding diaryl/α,β-unsaturated/α-hetero) is 1. The number of aliphatic imine (C=N–C) groups is 1. The van der Waals surface area contributed by atoms with Crippen molar-refractivity contribution in [2.24, 2.45) is 16.6 Å². The van der Waals surface area contributed by atoms with Crippen LogP contribution in [0.15, 0.2) is 28.2 Å². The van der Waals surface area contributed by atoms with Gasteiger partial charge in [-0.2, -0.15) is 0 Å². The number of primary amides is 1. The number of hydrogen-bond acceptors (Lipinski definition) is 10. The molecule has 42 heavy (non-hydrogen) atoms. The van der Waals surface area contributed by atoms with Gasteiger partial charge in [-0.3, -0.25) is 24.0 Å². The Hall–Kier alpha value is -4.27. The number of likely N-dealkylation sites (tertiary alicyclic amines) is 1. The molecular weight excluding hydrogens is 548 g/mol. The Kier molecular flexibility index (Phi) is 9.29. The van der Waals surface area contributed by atoms with Gasteiger partial charge < -0.3 is 25.6 Å². The van der Waals surface area contributed by atoms with Crippen LogP contribution in [0.25, 0.3) is 0 Å². The van der Waals surface area contributed by atoms with Gasteiger partial charge in [0.05, 0.1) is 30.2 Å². The van der Waals surface area contributed by atoms with E-state index in [0.717, 1.165) is 38.4 Å². The number of hydrogen-bond donors (Lipinski definition) is 3. The molecule has 1 aliphatic carbocycles. The van der Waals surface area contributed by atoms with Crippen molar-refractivity contribution < 1.29 is 33.6 Å². The fraction of sp³-hybridized carbons (Fsp3) is 0.593. The lowest BCUT2D eigenvalue weighted by molar-refractivity contribution is -0.139. The van der Waals surface area contributed by atoms with E-state index in [9.17, 15) is 29.1 Å². The Bertz CT molecular complexity index is 1350. The largest absolute Gasteiger partial charge is 0.384 e. The molecule has 1 unspecified atom stereocenters. The Balaban J connectivity index is 1.68. The summed E-state index contributed by atoms with van der Waals surface area (Å²) in [5.41, 5.74) is 4.22. The van der Waals surface area contributed by atoms with E-state index < -0.39 is 53.1 Å². The molecule has 2 aromatic rings. The van der Waals surface area contributed by atoms with Gasteiger partial charge in [-0.05, 0) is 33.1 Å². The molecule has 4 rings (SSSR count). The van der Waals surface area contributed by atoms with Gasteiger partial charge in [-0.15, -0.1) is 5.10 Å². The molecular formula is C27H36N8O7. The molecule has 1 saturated heterocycles. The van der Waals surface area contributed by atoms with Gasteiger partial charge in [0.25, 0.3) is 17.7 Å². The van der Waals surface area contributed by atoms with Crippen molar-refractivity contribution in [1.82, 2.24) is 30.4 Å². The highest BCUT2D eigenvalue weighted by atomic mass is 16.5. The van der Waals surface area contributed by atoms with Gasteiger partial charge >= 0.3 is 0 Å². The maximum Gasteiger partial charge on any atom is 0.287 e. The van der Waals surface area contributed by atoms with E-state index in [2.05, 4.69) is 25.8 Å². The molecule has 4 N–H and O–H groups in total. The molecule has 3 atom stereocenters. The Morgan fingerprint density at radius 1 is 1.19 bits per heavy atom. The van der Waals surface area contributed by atoms with E-state index in [1.165, 1.54) is 28.9 Å². The molecule has 0 aromatic carbocycles. The highest BCUT2D eigenvalue weighted by Crippen LogP contribution is 2.33. The van der Waals surface area contributed by atoms with Gasteiger partial charge in [-0.1, -0.05) is 42.5 Å². The summed E-state index contributed by atoms with van der Waals surface area (Å²) in [6, 6.07) is -2.93. The summed E-state index contributed by atoms with van der Waals surface area (Å²) >= 11 is 0. The summed E-state index contributed by atoms with van der Waals surface area (Å²) in [5.74, 6) is -4.07. The number of ketones is 1. The first-order chi connectivity index (χ1) is 19.9. The number of aliphatic hydroxyl groups is 1. The van der Waals surface area contributed by atoms with Gasteiger partial charge in [0.1, 0.15) is 29.2 Å². The van der Waals surface area contributed by atoms with Crippen LogP contribution < -0.4 is 11.1 Å². The molecule has 15 heteroatoms. The molecule has 1 saturated carbocycles. The number of amides is 4. The number of rotatable bonds is 10. The second-order valence-electron chi connectivity index (χ2n) is 11.4. The van der Waals surface area contributed by atoms with Crippen LogP contribution in [0, 0.1) is 5.92 Å². The molecule has 226 valence electrons. The average Bonchev–Trinajstić information content (AvgIpc) is 3.72. The molecule has 2 aliphatic rings. The van der Waals surface area contributed by atoms with Crippen molar-refractivity contribution in [3.63, 3.8) is 0 Å². The molecule has 2 fully saturated rings. The quantitative estimate of drug-likeness (QED) is 0.259. The summed E-state index contributed by atoms with van der Waals surface area (Å²) in [4.78, 5) is 69.5. The minimum absolute atomic E-state index is 0.00545. The molecule has 4 amide bonds. The third-order valence-corrected chi connectivity index (χ3v) is 7.75. The van der Waals surface area contributed by atoms with Crippen molar-refractivity contribution in [3.8, 4) is 0 Å². The van der Waals surface area contributed by atoms with Gasteiger partial charge in [0.15, 0.2) is 0 Å². The summed E-state index contributed by atoms with van der Waals surface area (Å²) in [5, 5.41) is 24.7. The normalized spacial score (nSPS) is 20.8. The second-order valence-corrected chi connectivity index (χ2v) is 11.4. The Labute approximate surface area is 241 Å². The first-order valence-electron chi connectivity index (χ1n) is 14.0. The predicted octanol–water partition coefficient (Wildman–Crippen LogP) is 0.446. The zero-order valence-electron chi connectivity index (χ0n) is 23.9. The predicted molar refractivity (Wildman–Crippen MR) is 146 cm³/mol. The lowest BCUT2D eigenvalue weighted by Crippen LogP contribution is -2.52. The van der Waals surface area contributed by atoms with Crippen LogP contribution in [0.3, 0.4) is 0 Å². The Morgan fingerprint density at radius 2 is 1.90 bits per heavy atom. The smallest absolute Gasteiger partial charge is 0.287 e. The molecule has 2 aromatic heterocycles. The SMILES string of the molecule is CC(NC(=O)[C@@H]1C[C@H](n2nncc2C(C)(C)O)CN1C(=O)/C(CC1CCCCC1)=N/C(=O)c1cnoc1)C(=O)C(N)=O. The number of aromatic nitrogens is 4. The van der Waals surface area contributed by atoms with E-state index >= 15 is 0 Å². The first-order valence-corrected chi connectivity index (χ1v) is 14.0. The average molecular weight is 585 g/mol. The molecule has 3 heterocycles. The standard InChI is InChI=1S/C27H36N8O7/c1-15(22(36)23(28)37)31-25(39)20-10-18(35-21(12-29-33-35)27(2,3)41)13-34(20)26(40)19(9-16-7-5-4-6-8-16)32-24(38)17-11-30-42-14-17/h11-12,14-16,18,20,41H,4-10,13H2,1-3H3,(H2,28,37)(H,31,39)/b32-19+/t15?,18-,20-/m0/s1. The zero-order valence-corrected chi connectivity index (χ0v) is 23.9. The summed E-state index contributed by atoms with van der Waals surface area (Å²) < 4.78 is 6.22. The lowest BCUT2D eigenvalue weighted by Gasteiger charge is -2.27. The van der Waals surface area contributed by atoms with E-state index in [1.54, 1.807) is 13.8 Å².